The Labute approximate surface area is 179 Å². The monoisotopic (exact) mass is 411 g/mol. The van der Waals surface area contributed by atoms with E-state index in [1.807, 2.05) is 36.4 Å². The maximum Gasteiger partial charge on any atom is 0.282 e. The summed E-state index contributed by atoms with van der Waals surface area (Å²) in [6, 6.07) is 23.4. The number of imide groups is 1. The molecule has 1 aliphatic rings. The van der Waals surface area contributed by atoms with Crippen molar-refractivity contribution in [1.29, 1.82) is 5.26 Å². The Kier molecular flexibility index (Phi) is 5.33. The van der Waals surface area contributed by atoms with E-state index in [-0.39, 0.29) is 11.3 Å². The molecule has 0 aromatic heterocycles. The summed E-state index contributed by atoms with van der Waals surface area (Å²) >= 11 is 0. The van der Waals surface area contributed by atoms with Gasteiger partial charge in [0.1, 0.15) is 11.5 Å². The summed E-state index contributed by atoms with van der Waals surface area (Å²) in [6.07, 6.45) is 0. The van der Waals surface area contributed by atoms with Crippen LogP contribution in [0.3, 0.4) is 0 Å². The number of nitrogens with zero attached hydrogens (tertiary/aromatic N) is 3. The quantitative estimate of drug-likeness (QED) is 0.593. The molecule has 4 rings (SSSR count). The number of nitriles is 1. The fraction of sp³-hybridized carbons (Fsp3) is 0.0800. The molecule has 6 heteroatoms. The number of carbonyl (C=O) groups is 2. The van der Waals surface area contributed by atoms with Crippen LogP contribution in [0.1, 0.15) is 16.7 Å². The number of hydrogen-bond donors (Lipinski definition) is 0. The maximum absolute atomic E-state index is 13.5. The summed E-state index contributed by atoms with van der Waals surface area (Å²) in [6.45, 7) is 0.418. The van der Waals surface area contributed by atoms with Crippen LogP contribution in [0.2, 0.25) is 0 Å². The highest BCUT2D eigenvalue weighted by molar-refractivity contribution is 6.45. The van der Waals surface area contributed by atoms with Crippen LogP contribution in [-0.4, -0.2) is 23.8 Å². The van der Waals surface area contributed by atoms with Gasteiger partial charge < -0.3 is 4.90 Å². The normalized spacial score (nSPS) is 13.5. The lowest BCUT2D eigenvalue weighted by Gasteiger charge is -2.21. The van der Waals surface area contributed by atoms with E-state index in [0.717, 1.165) is 10.5 Å². The zero-order valence-corrected chi connectivity index (χ0v) is 16.7. The van der Waals surface area contributed by atoms with Gasteiger partial charge in [0.2, 0.25) is 0 Å². The van der Waals surface area contributed by atoms with Crippen molar-refractivity contribution < 1.29 is 14.0 Å². The average Bonchev–Trinajstić information content (AvgIpc) is 3.05. The predicted octanol–water partition coefficient (Wildman–Crippen LogP) is 4.11. The van der Waals surface area contributed by atoms with Crippen LogP contribution >= 0.6 is 0 Å². The molecular formula is C25H18FN3O2. The van der Waals surface area contributed by atoms with Crippen LogP contribution in [-0.2, 0) is 16.1 Å². The number of benzene rings is 3. The molecule has 0 radical (unpaired) electrons. The molecule has 0 N–H and O–H groups in total. The van der Waals surface area contributed by atoms with Crippen LogP contribution in [0.4, 0.5) is 10.1 Å². The van der Waals surface area contributed by atoms with Crippen molar-refractivity contribution in [2.75, 3.05) is 11.9 Å². The van der Waals surface area contributed by atoms with Crippen molar-refractivity contribution in [3.63, 3.8) is 0 Å². The Hall–Kier alpha value is -4.24. The molecular weight excluding hydrogens is 393 g/mol. The van der Waals surface area contributed by atoms with Gasteiger partial charge in [-0.25, -0.2) is 9.29 Å². The third-order valence-corrected chi connectivity index (χ3v) is 5.09. The van der Waals surface area contributed by atoms with Gasteiger partial charge in [0.05, 0.1) is 22.9 Å². The molecule has 152 valence electrons. The van der Waals surface area contributed by atoms with Crippen LogP contribution < -0.4 is 4.90 Å². The zero-order valence-electron chi connectivity index (χ0n) is 16.7. The first-order valence-electron chi connectivity index (χ1n) is 9.64. The summed E-state index contributed by atoms with van der Waals surface area (Å²) in [5.74, 6) is -1.38. The highest BCUT2D eigenvalue weighted by Crippen LogP contribution is 2.35. The van der Waals surface area contributed by atoms with E-state index in [9.17, 15) is 14.0 Å². The zero-order chi connectivity index (χ0) is 22.0. The highest BCUT2D eigenvalue weighted by atomic mass is 19.1. The molecule has 0 unspecified atom stereocenters. The summed E-state index contributed by atoms with van der Waals surface area (Å²) in [4.78, 5) is 29.6. The molecule has 0 aliphatic carbocycles. The maximum atomic E-state index is 13.5. The van der Waals surface area contributed by atoms with E-state index in [1.165, 1.54) is 24.3 Å². The van der Waals surface area contributed by atoms with E-state index < -0.39 is 17.6 Å². The summed E-state index contributed by atoms with van der Waals surface area (Å²) in [5.41, 5.74) is 2.70. The topological polar surface area (TPSA) is 64.4 Å². The Bertz CT molecular complexity index is 1210. The summed E-state index contributed by atoms with van der Waals surface area (Å²) in [5, 5.41) is 9.02. The largest absolute Gasteiger partial charge is 0.365 e. The van der Waals surface area contributed by atoms with E-state index in [4.69, 9.17) is 5.26 Å². The third kappa shape index (κ3) is 3.81. The highest BCUT2D eigenvalue weighted by Gasteiger charge is 2.41. The Morgan fingerprint density at radius 2 is 1.55 bits per heavy atom. The van der Waals surface area contributed by atoms with Crippen molar-refractivity contribution in [3.05, 3.63) is 107 Å². The lowest BCUT2D eigenvalue weighted by Crippen LogP contribution is -2.34. The molecule has 0 bridgehead atoms. The number of hydrogen-bond acceptors (Lipinski definition) is 4. The molecule has 0 saturated heterocycles. The van der Waals surface area contributed by atoms with E-state index in [0.29, 0.717) is 23.4 Å². The second kappa shape index (κ2) is 8.25. The number of amides is 2. The Balaban J connectivity index is 1.78. The number of anilines is 1. The van der Waals surface area contributed by atoms with Crippen molar-refractivity contribution >= 4 is 23.1 Å². The van der Waals surface area contributed by atoms with Gasteiger partial charge in [-0.1, -0.05) is 42.5 Å². The van der Waals surface area contributed by atoms with Gasteiger partial charge in [-0.3, -0.25) is 9.59 Å². The van der Waals surface area contributed by atoms with Crippen molar-refractivity contribution in [3.8, 4) is 6.07 Å². The smallest absolute Gasteiger partial charge is 0.282 e. The third-order valence-electron chi connectivity index (χ3n) is 5.09. The van der Waals surface area contributed by atoms with Gasteiger partial charge in [0.15, 0.2) is 0 Å². The van der Waals surface area contributed by atoms with Crippen molar-refractivity contribution in [1.82, 2.24) is 4.90 Å². The van der Waals surface area contributed by atoms with Gasteiger partial charge in [0, 0.05) is 13.6 Å². The van der Waals surface area contributed by atoms with Gasteiger partial charge in [-0.05, 0) is 47.5 Å². The number of rotatable bonds is 5. The van der Waals surface area contributed by atoms with Crippen LogP contribution in [0.25, 0.3) is 5.57 Å². The minimum absolute atomic E-state index is 0.216. The van der Waals surface area contributed by atoms with Crippen molar-refractivity contribution in [2.24, 2.45) is 0 Å². The molecule has 1 aliphatic heterocycles. The first kappa shape index (κ1) is 20.0. The average molecular weight is 411 g/mol. The second-order valence-corrected chi connectivity index (χ2v) is 7.18. The lowest BCUT2D eigenvalue weighted by molar-refractivity contribution is -0.120. The molecule has 31 heavy (non-hydrogen) atoms. The van der Waals surface area contributed by atoms with Crippen LogP contribution in [0.5, 0.6) is 0 Å². The van der Waals surface area contributed by atoms with Gasteiger partial charge in [-0.15, -0.1) is 0 Å². The first-order valence-corrected chi connectivity index (χ1v) is 9.64. The molecule has 0 saturated carbocycles. The predicted molar refractivity (Wildman–Crippen MR) is 115 cm³/mol. The van der Waals surface area contributed by atoms with Gasteiger partial charge in [0.25, 0.3) is 11.8 Å². The molecule has 3 aromatic rings. The Morgan fingerprint density at radius 1 is 0.903 bits per heavy atom. The molecule has 0 fully saturated rings. The minimum Gasteiger partial charge on any atom is -0.365 e. The minimum atomic E-state index is -0.490. The van der Waals surface area contributed by atoms with Gasteiger partial charge in [-0.2, -0.15) is 5.26 Å². The van der Waals surface area contributed by atoms with Crippen LogP contribution in [0, 0.1) is 17.1 Å². The molecule has 3 aromatic carbocycles. The van der Waals surface area contributed by atoms with E-state index >= 15 is 0 Å². The molecule has 2 amide bonds. The van der Waals surface area contributed by atoms with Crippen molar-refractivity contribution in [2.45, 2.75) is 6.54 Å². The molecule has 0 spiro atoms. The lowest BCUT2D eigenvalue weighted by atomic mass is 10.0. The number of likely N-dealkylation sites (N-methyl/N-ethyl adjacent to an activating group) is 1. The standard InChI is InChI=1S/C25H18FN3O2/c1-28(16-18-5-3-2-4-6-18)23-22(19-9-11-20(26)12-10-19)24(30)29(25(23)31)21-13-7-17(15-27)8-14-21/h2-14H,16H2,1H3. The van der Waals surface area contributed by atoms with Crippen LogP contribution in [0.15, 0.2) is 84.6 Å². The summed E-state index contributed by atoms with van der Waals surface area (Å²) < 4.78 is 13.5. The van der Waals surface area contributed by atoms with E-state index in [2.05, 4.69) is 0 Å². The first-order chi connectivity index (χ1) is 15.0. The fourth-order valence-electron chi connectivity index (χ4n) is 3.60. The number of carbonyl (C=O) groups excluding carboxylic acids is 2. The van der Waals surface area contributed by atoms with Gasteiger partial charge >= 0.3 is 0 Å². The number of halogens is 1. The molecule has 1 heterocycles. The fourth-order valence-corrected chi connectivity index (χ4v) is 3.60. The molecule has 0 atom stereocenters. The summed E-state index contributed by atoms with van der Waals surface area (Å²) in [7, 11) is 1.75. The van der Waals surface area contributed by atoms with E-state index in [1.54, 1.807) is 36.2 Å². The SMILES string of the molecule is CN(Cc1ccccc1)C1=C(c2ccc(F)cc2)C(=O)N(c2ccc(C#N)cc2)C1=O. The molecule has 5 nitrogen and oxygen atoms in total. The second-order valence-electron chi connectivity index (χ2n) is 7.18. The Morgan fingerprint density at radius 3 is 2.16 bits per heavy atom.